The molecule has 4 nitrogen and oxygen atoms in total. The van der Waals surface area contributed by atoms with E-state index >= 15 is 0 Å². The molecule has 2 saturated heterocycles. The van der Waals surface area contributed by atoms with E-state index in [2.05, 4.69) is 17.1 Å². The average molecular weight is 307 g/mol. The Balaban J connectivity index is 1.64. The number of ether oxygens (including phenoxy) is 2. The van der Waals surface area contributed by atoms with Crippen LogP contribution in [0.1, 0.15) is 45.4 Å². The predicted molar refractivity (Wildman–Crippen MR) is 85.6 cm³/mol. The fourth-order valence-corrected chi connectivity index (χ4v) is 4.24. The average Bonchev–Trinajstić information content (AvgIpc) is 3.05. The van der Waals surface area contributed by atoms with Crippen molar-refractivity contribution in [3.05, 3.63) is 12.2 Å². The highest BCUT2D eigenvalue weighted by Gasteiger charge is 2.47. The third-order valence-corrected chi connectivity index (χ3v) is 5.48. The van der Waals surface area contributed by atoms with Crippen molar-refractivity contribution in [2.45, 2.75) is 51.6 Å². The fourth-order valence-electron chi connectivity index (χ4n) is 4.24. The van der Waals surface area contributed by atoms with Crippen LogP contribution < -0.4 is 0 Å². The second kappa shape index (κ2) is 7.14. The summed E-state index contributed by atoms with van der Waals surface area (Å²) < 4.78 is 11.8. The van der Waals surface area contributed by atoms with E-state index in [9.17, 15) is 4.79 Å². The van der Waals surface area contributed by atoms with Crippen molar-refractivity contribution in [1.82, 2.24) is 4.90 Å². The molecule has 0 unspecified atom stereocenters. The van der Waals surface area contributed by atoms with Gasteiger partial charge in [-0.05, 0) is 44.9 Å². The first-order chi connectivity index (χ1) is 10.7. The molecule has 2 aliphatic heterocycles. The third-order valence-electron chi connectivity index (χ3n) is 5.48. The summed E-state index contributed by atoms with van der Waals surface area (Å²) in [7, 11) is 0. The highest BCUT2D eigenvalue weighted by atomic mass is 16.5. The second-order valence-electron chi connectivity index (χ2n) is 7.04. The van der Waals surface area contributed by atoms with Crippen LogP contribution in [0, 0.1) is 11.3 Å². The lowest BCUT2D eigenvalue weighted by Gasteiger charge is -2.50. The van der Waals surface area contributed by atoms with Gasteiger partial charge in [-0.3, -0.25) is 4.79 Å². The Labute approximate surface area is 133 Å². The van der Waals surface area contributed by atoms with Crippen molar-refractivity contribution in [2.24, 2.45) is 11.3 Å². The molecule has 0 aromatic carbocycles. The Hall–Kier alpha value is -0.870. The molecule has 2 heterocycles. The first-order valence-electron chi connectivity index (χ1n) is 8.87. The summed E-state index contributed by atoms with van der Waals surface area (Å²) >= 11 is 0. The zero-order valence-corrected chi connectivity index (χ0v) is 13.8. The summed E-state index contributed by atoms with van der Waals surface area (Å²) in [6, 6.07) is 0. The van der Waals surface area contributed by atoms with E-state index in [-0.39, 0.29) is 11.5 Å². The molecule has 0 spiro atoms. The molecule has 0 aromatic rings. The lowest BCUT2D eigenvalue weighted by atomic mass is 9.73. The van der Waals surface area contributed by atoms with Crippen LogP contribution in [-0.4, -0.2) is 49.8 Å². The van der Waals surface area contributed by atoms with E-state index < -0.39 is 0 Å². The summed E-state index contributed by atoms with van der Waals surface area (Å²) in [5.74, 6) is 0.770. The van der Waals surface area contributed by atoms with E-state index in [0.29, 0.717) is 18.2 Å². The van der Waals surface area contributed by atoms with Gasteiger partial charge in [-0.1, -0.05) is 12.2 Å². The molecular weight excluding hydrogens is 278 g/mol. The van der Waals surface area contributed by atoms with Crippen molar-refractivity contribution < 1.29 is 14.3 Å². The van der Waals surface area contributed by atoms with Crippen LogP contribution >= 0.6 is 0 Å². The lowest BCUT2D eigenvalue weighted by molar-refractivity contribution is -0.164. The largest absolute Gasteiger partial charge is 0.381 e. The first-order valence-corrected chi connectivity index (χ1v) is 8.87. The number of likely N-dealkylation sites (tertiary alicyclic amines) is 1. The zero-order valence-electron chi connectivity index (χ0n) is 13.8. The standard InChI is InChI=1S/C18H29NO3/c1-2-21-14-18-9-5-11-22-16(18)8-10-19(13-18)17(20)12-15-6-3-4-7-15/h3,6,15-16H,2,4-5,7-14H2,1H3/t15-,16-,18+/m0/s1. The normalized spacial score (nSPS) is 34.7. The number of allylic oxidation sites excluding steroid dienone is 2. The van der Waals surface area contributed by atoms with Crippen LogP contribution in [-0.2, 0) is 14.3 Å². The Bertz CT molecular complexity index is 423. The summed E-state index contributed by atoms with van der Waals surface area (Å²) in [6.07, 6.45) is 10.8. The Morgan fingerprint density at radius 3 is 3.14 bits per heavy atom. The SMILES string of the molecule is CCOC[C@]12CCCO[C@H]1CCN(C(=O)C[C@H]1C=CCC1)C2. The zero-order chi connectivity index (χ0) is 15.4. The van der Waals surface area contributed by atoms with Gasteiger partial charge in [-0.2, -0.15) is 0 Å². The number of piperidine rings is 1. The van der Waals surface area contributed by atoms with E-state index in [0.717, 1.165) is 65.0 Å². The molecule has 3 atom stereocenters. The minimum absolute atomic E-state index is 0.0215. The van der Waals surface area contributed by atoms with Crippen LogP contribution in [0.3, 0.4) is 0 Å². The number of hydrogen-bond donors (Lipinski definition) is 0. The molecule has 1 amide bonds. The summed E-state index contributed by atoms with van der Waals surface area (Å²) in [5, 5.41) is 0. The number of hydrogen-bond acceptors (Lipinski definition) is 3. The van der Waals surface area contributed by atoms with Gasteiger partial charge >= 0.3 is 0 Å². The van der Waals surface area contributed by atoms with Gasteiger partial charge in [0.1, 0.15) is 0 Å². The molecule has 0 bridgehead atoms. The van der Waals surface area contributed by atoms with Gasteiger partial charge < -0.3 is 14.4 Å². The molecule has 0 N–H and O–H groups in total. The number of amides is 1. The van der Waals surface area contributed by atoms with Crippen molar-refractivity contribution >= 4 is 5.91 Å². The quantitative estimate of drug-likeness (QED) is 0.733. The molecular formula is C18H29NO3. The fraction of sp³-hybridized carbons (Fsp3) is 0.833. The number of rotatable bonds is 5. The summed E-state index contributed by atoms with van der Waals surface area (Å²) in [6.45, 7) is 6.00. The smallest absolute Gasteiger partial charge is 0.223 e. The maximum Gasteiger partial charge on any atom is 0.223 e. The molecule has 4 heteroatoms. The predicted octanol–water partition coefficient (Wildman–Crippen LogP) is 2.78. The molecule has 0 radical (unpaired) electrons. The van der Waals surface area contributed by atoms with E-state index in [4.69, 9.17) is 9.47 Å². The van der Waals surface area contributed by atoms with Gasteiger partial charge in [0.25, 0.3) is 0 Å². The number of carbonyl (C=O) groups is 1. The second-order valence-corrected chi connectivity index (χ2v) is 7.04. The minimum Gasteiger partial charge on any atom is -0.381 e. The Kier molecular flexibility index (Phi) is 5.19. The van der Waals surface area contributed by atoms with Crippen molar-refractivity contribution in [2.75, 3.05) is 32.9 Å². The maximum absolute atomic E-state index is 12.7. The van der Waals surface area contributed by atoms with Crippen LogP contribution in [0.2, 0.25) is 0 Å². The summed E-state index contributed by atoms with van der Waals surface area (Å²) in [4.78, 5) is 14.7. The molecule has 2 fully saturated rings. The summed E-state index contributed by atoms with van der Waals surface area (Å²) in [5.41, 5.74) is 0.0215. The van der Waals surface area contributed by atoms with Gasteiger partial charge in [0.15, 0.2) is 0 Å². The number of fused-ring (bicyclic) bond motifs is 1. The number of nitrogens with zero attached hydrogens (tertiary/aromatic N) is 1. The molecule has 3 rings (SSSR count). The van der Waals surface area contributed by atoms with Gasteiger partial charge in [0.2, 0.25) is 5.91 Å². The third kappa shape index (κ3) is 3.38. The van der Waals surface area contributed by atoms with Crippen LogP contribution in [0.4, 0.5) is 0 Å². The van der Waals surface area contributed by atoms with Crippen molar-refractivity contribution in [1.29, 1.82) is 0 Å². The first kappa shape index (κ1) is 16.0. The highest BCUT2D eigenvalue weighted by Crippen LogP contribution is 2.40. The molecule has 124 valence electrons. The van der Waals surface area contributed by atoms with Crippen molar-refractivity contribution in [3.63, 3.8) is 0 Å². The van der Waals surface area contributed by atoms with Crippen LogP contribution in [0.15, 0.2) is 12.2 Å². The maximum atomic E-state index is 12.7. The lowest BCUT2D eigenvalue weighted by Crippen LogP contribution is -2.58. The Morgan fingerprint density at radius 2 is 2.36 bits per heavy atom. The topological polar surface area (TPSA) is 38.8 Å². The van der Waals surface area contributed by atoms with Gasteiger partial charge in [-0.25, -0.2) is 0 Å². The van der Waals surface area contributed by atoms with Crippen LogP contribution in [0.25, 0.3) is 0 Å². The molecule has 1 aliphatic carbocycles. The van der Waals surface area contributed by atoms with E-state index in [1.54, 1.807) is 0 Å². The molecule has 0 saturated carbocycles. The van der Waals surface area contributed by atoms with Crippen molar-refractivity contribution in [3.8, 4) is 0 Å². The molecule has 0 aromatic heterocycles. The minimum atomic E-state index is 0.0215. The van der Waals surface area contributed by atoms with Crippen LogP contribution in [0.5, 0.6) is 0 Å². The molecule has 3 aliphatic rings. The highest BCUT2D eigenvalue weighted by molar-refractivity contribution is 5.77. The van der Waals surface area contributed by atoms with Gasteiger partial charge in [0.05, 0.1) is 12.7 Å². The Morgan fingerprint density at radius 1 is 1.45 bits per heavy atom. The van der Waals surface area contributed by atoms with E-state index in [1.165, 1.54) is 0 Å². The number of carbonyl (C=O) groups excluding carboxylic acids is 1. The van der Waals surface area contributed by atoms with Gasteiger partial charge in [-0.15, -0.1) is 0 Å². The monoisotopic (exact) mass is 307 g/mol. The van der Waals surface area contributed by atoms with Gasteiger partial charge in [0, 0.05) is 38.1 Å². The molecule has 22 heavy (non-hydrogen) atoms. The van der Waals surface area contributed by atoms with E-state index in [1.807, 2.05) is 6.92 Å².